The Morgan fingerprint density at radius 2 is 1.93 bits per heavy atom. The van der Waals surface area contributed by atoms with Crippen molar-refractivity contribution in [1.29, 1.82) is 0 Å². The SMILES string of the molecule is O=C1NCCN(CCC2CC3(CC(CO)C3)C2)c2c1oc1ccc(C(F)(F)F)cc21. The molecule has 0 unspecified atom stereocenters. The molecule has 1 spiro atoms. The van der Waals surface area contributed by atoms with Gasteiger partial charge in [-0.05, 0) is 67.6 Å². The van der Waals surface area contributed by atoms with E-state index in [0.29, 0.717) is 53.5 Å². The Hall–Kier alpha value is -2.22. The Labute approximate surface area is 172 Å². The van der Waals surface area contributed by atoms with Gasteiger partial charge in [-0.1, -0.05) is 0 Å². The minimum absolute atomic E-state index is 0.0942. The normalized spacial score (nSPS) is 28.7. The van der Waals surface area contributed by atoms with E-state index in [1.165, 1.54) is 6.07 Å². The first-order chi connectivity index (χ1) is 14.3. The van der Waals surface area contributed by atoms with E-state index in [1.807, 2.05) is 4.90 Å². The summed E-state index contributed by atoms with van der Waals surface area (Å²) in [6.07, 6.45) is 1.02. The van der Waals surface area contributed by atoms with E-state index in [9.17, 15) is 23.1 Å². The molecule has 1 aromatic carbocycles. The second kappa shape index (κ2) is 6.90. The second-order valence-electron chi connectivity index (χ2n) is 9.25. The summed E-state index contributed by atoms with van der Waals surface area (Å²) in [6, 6.07) is 3.37. The summed E-state index contributed by atoms with van der Waals surface area (Å²) in [5.41, 5.74) is 0.447. The van der Waals surface area contributed by atoms with E-state index < -0.39 is 11.7 Å². The predicted octanol–water partition coefficient (Wildman–Crippen LogP) is 4.19. The van der Waals surface area contributed by atoms with Gasteiger partial charge in [-0.15, -0.1) is 0 Å². The minimum atomic E-state index is -4.45. The molecule has 8 heteroatoms. The van der Waals surface area contributed by atoms with Crippen LogP contribution in [0.15, 0.2) is 22.6 Å². The third-order valence-corrected chi connectivity index (χ3v) is 7.13. The Balaban J connectivity index is 1.36. The standard InChI is InChI=1S/C22H25F3N2O3/c23-22(24,25)15-1-2-17-16(7-15)18-19(30-17)20(29)26-4-6-27(18)5-3-13-8-21(9-13)10-14(11-21)12-28/h1-2,7,13-14,28H,3-6,8-12H2,(H,26,29). The maximum Gasteiger partial charge on any atom is 0.416 e. The van der Waals surface area contributed by atoms with Crippen molar-refractivity contribution in [2.45, 2.75) is 38.3 Å². The zero-order chi connectivity index (χ0) is 21.1. The van der Waals surface area contributed by atoms with Gasteiger partial charge in [0.1, 0.15) is 5.58 Å². The van der Waals surface area contributed by atoms with Crippen molar-refractivity contribution in [3.63, 3.8) is 0 Å². The minimum Gasteiger partial charge on any atom is -0.449 e. The zero-order valence-corrected chi connectivity index (χ0v) is 16.6. The van der Waals surface area contributed by atoms with Gasteiger partial charge in [0, 0.05) is 31.6 Å². The molecule has 2 fully saturated rings. The number of nitrogens with zero attached hydrogens (tertiary/aromatic N) is 1. The first kappa shape index (κ1) is 19.7. The molecule has 1 aromatic heterocycles. The number of benzene rings is 1. The van der Waals surface area contributed by atoms with Gasteiger partial charge in [0.05, 0.1) is 11.3 Å². The van der Waals surface area contributed by atoms with Gasteiger partial charge in [-0.25, -0.2) is 0 Å². The number of rotatable bonds is 4. The molecule has 3 aliphatic rings. The molecule has 5 nitrogen and oxygen atoms in total. The van der Waals surface area contributed by atoms with Crippen LogP contribution in [0.4, 0.5) is 18.9 Å². The van der Waals surface area contributed by atoms with Gasteiger partial charge in [0.2, 0.25) is 5.76 Å². The summed E-state index contributed by atoms with van der Waals surface area (Å²) in [6.45, 7) is 1.92. The summed E-state index contributed by atoms with van der Waals surface area (Å²) in [5, 5.41) is 12.3. The van der Waals surface area contributed by atoms with Crippen molar-refractivity contribution in [2.75, 3.05) is 31.1 Å². The molecule has 0 saturated heterocycles. The van der Waals surface area contributed by atoms with Crippen LogP contribution in [-0.2, 0) is 6.18 Å². The highest BCUT2D eigenvalue weighted by Gasteiger charge is 2.52. The quantitative estimate of drug-likeness (QED) is 0.776. The summed E-state index contributed by atoms with van der Waals surface area (Å²) in [7, 11) is 0. The van der Waals surface area contributed by atoms with E-state index in [-0.39, 0.29) is 18.3 Å². The fourth-order valence-corrected chi connectivity index (χ4v) is 5.78. The summed E-state index contributed by atoms with van der Waals surface area (Å²) < 4.78 is 45.4. The zero-order valence-electron chi connectivity index (χ0n) is 16.6. The number of nitrogens with one attached hydrogen (secondary N) is 1. The molecule has 162 valence electrons. The highest BCUT2D eigenvalue weighted by atomic mass is 19.4. The number of anilines is 1. The molecule has 0 radical (unpaired) electrons. The van der Waals surface area contributed by atoms with Gasteiger partial charge in [-0.3, -0.25) is 4.79 Å². The van der Waals surface area contributed by atoms with Gasteiger partial charge < -0.3 is 19.7 Å². The third-order valence-electron chi connectivity index (χ3n) is 7.13. The fourth-order valence-electron chi connectivity index (χ4n) is 5.78. The molecule has 1 amide bonds. The lowest BCUT2D eigenvalue weighted by Crippen LogP contribution is -2.49. The number of carbonyl (C=O) groups is 1. The number of halogens is 3. The van der Waals surface area contributed by atoms with Crippen molar-refractivity contribution in [2.24, 2.45) is 17.3 Å². The van der Waals surface area contributed by atoms with Crippen molar-refractivity contribution < 1.29 is 27.5 Å². The summed E-state index contributed by atoms with van der Waals surface area (Å²) in [5.74, 6) is 0.751. The van der Waals surface area contributed by atoms with Crippen LogP contribution in [0, 0.1) is 17.3 Å². The van der Waals surface area contributed by atoms with Crippen LogP contribution in [0.3, 0.4) is 0 Å². The number of aliphatic hydroxyl groups is 1. The Morgan fingerprint density at radius 3 is 2.63 bits per heavy atom. The van der Waals surface area contributed by atoms with Crippen molar-refractivity contribution >= 4 is 22.6 Å². The maximum absolute atomic E-state index is 13.2. The fraction of sp³-hybridized carbons (Fsp3) is 0.591. The molecular weight excluding hydrogens is 397 g/mol. The number of fused-ring (bicyclic) bond motifs is 3. The van der Waals surface area contributed by atoms with Gasteiger partial charge in [0.25, 0.3) is 5.91 Å². The molecular formula is C22H25F3N2O3. The topological polar surface area (TPSA) is 65.7 Å². The van der Waals surface area contributed by atoms with Crippen LogP contribution >= 0.6 is 0 Å². The van der Waals surface area contributed by atoms with Crippen molar-refractivity contribution in [3.05, 3.63) is 29.5 Å². The van der Waals surface area contributed by atoms with Gasteiger partial charge >= 0.3 is 6.18 Å². The number of aliphatic hydroxyl groups excluding tert-OH is 1. The first-order valence-corrected chi connectivity index (χ1v) is 10.6. The van der Waals surface area contributed by atoms with Crippen LogP contribution in [-0.4, -0.2) is 37.3 Å². The number of carbonyl (C=O) groups excluding carboxylic acids is 1. The lowest BCUT2D eigenvalue weighted by Gasteiger charge is -2.58. The van der Waals surface area contributed by atoms with E-state index >= 15 is 0 Å². The van der Waals surface area contributed by atoms with E-state index in [1.54, 1.807) is 0 Å². The molecule has 2 heterocycles. The molecule has 2 N–H and O–H groups in total. The highest BCUT2D eigenvalue weighted by Crippen LogP contribution is 2.61. The van der Waals surface area contributed by atoms with Crippen LogP contribution in [0.25, 0.3) is 11.0 Å². The average molecular weight is 422 g/mol. The molecule has 2 saturated carbocycles. The number of furan rings is 1. The Morgan fingerprint density at radius 1 is 1.20 bits per heavy atom. The molecule has 1 aliphatic heterocycles. The monoisotopic (exact) mass is 422 g/mol. The number of hydrogen-bond acceptors (Lipinski definition) is 4. The number of hydrogen-bond donors (Lipinski definition) is 2. The molecule has 5 rings (SSSR count). The van der Waals surface area contributed by atoms with Crippen molar-refractivity contribution in [3.8, 4) is 0 Å². The maximum atomic E-state index is 13.2. The highest BCUT2D eigenvalue weighted by molar-refractivity contribution is 6.07. The largest absolute Gasteiger partial charge is 0.449 e. The second-order valence-corrected chi connectivity index (χ2v) is 9.25. The smallest absolute Gasteiger partial charge is 0.416 e. The van der Waals surface area contributed by atoms with Crippen LogP contribution in [0.5, 0.6) is 0 Å². The molecule has 2 aliphatic carbocycles. The van der Waals surface area contributed by atoms with E-state index in [4.69, 9.17) is 4.42 Å². The number of alkyl halides is 3. The van der Waals surface area contributed by atoms with E-state index in [0.717, 1.165) is 44.2 Å². The number of amides is 1. The van der Waals surface area contributed by atoms with Crippen LogP contribution < -0.4 is 10.2 Å². The molecule has 2 aromatic rings. The predicted molar refractivity (Wildman–Crippen MR) is 105 cm³/mol. The van der Waals surface area contributed by atoms with Gasteiger partial charge in [0.15, 0.2) is 0 Å². The third kappa shape index (κ3) is 3.25. The Kier molecular flexibility index (Phi) is 4.54. The average Bonchev–Trinajstić information content (AvgIpc) is 2.94. The lowest BCUT2D eigenvalue weighted by molar-refractivity contribution is -0.137. The van der Waals surface area contributed by atoms with Crippen LogP contribution in [0.2, 0.25) is 0 Å². The summed E-state index contributed by atoms with van der Waals surface area (Å²) in [4.78, 5) is 14.4. The van der Waals surface area contributed by atoms with Crippen molar-refractivity contribution in [1.82, 2.24) is 5.32 Å². The summed E-state index contributed by atoms with van der Waals surface area (Å²) >= 11 is 0. The van der Waals surface area contributed by atoms with Gasteiger partial charge in [-0.2, -0.15) is 13.2 Å². The Bertz CT molecular complexity index is 970. The lowest BCUT2D eigenvalue weighted by atomic mass is 9.48. The molecule has 30 heavy (non-hydrogen) atoms. The van der Waals surface area contributed by atoms with Crippen LogP contribution in [0.1, 0.15) is 48.2 Å². The van der Waals surface area contributed by atoms with E-state index in [2.05, 4.69) is 5.32 Å². The first-order valence-electron chi connectivity index (χ1n) is 10.6. The molecule has 0 bridgehead atoms. The molecule has 0 atom stereocenters.